The number of benzene rings is 1. The van der Waals surface area contributed by atoms with Gasteiger partial charge in [-0.15, -0.1) is 0 Å². The van der Waals surface area contributed by atoms with Crippen LogP contribution in [0, 0.1) is 5.92 Å². The first-order valence-corrected chi connectivity index (χ1v) is 8.67. The minimum absolute atomic E-state index is 0.304. The van der Waals surface area contributed by atoms with Gasteiger partial charge in [-0.2, -0.15) is 0 Å². The number of carbonyl (C=O) groups is 2. The Morgan fingerprint density at radius 1 is 0.960 bits per heavy atom. The smallest absolute Gasteiger partial charge is 0.338 e. The standard InChI is InChI=1S/C21H26O4/c1-14(2)20(22)24-13-16-5-7-17(8-6-16)18-9-11-19(12-10-18)25-21(23)15(3)4/h9-12,16-17H,1,3,5-8,13H2,2,4H3. The zero-order valence-electron chi connectivity index (χ0n) is 15.0. The molecule has 1 fully saturated rings. The Labute approximate surface area is 149 Å². The predicted molar refractivity (Wildman–Crippen MR) is 97.4 cm³/mol. The summed E-state index contributed by atoms with van der Waals surface area (Å²) in [4.78, 5) is 23.0. The highest BCUT2D eigenvalue weighted by atomic mass is 16.5. The van der Waals surface area contributed by atoms with Crippen molar-refractivity contribution in [2.45, 2.75) is 45.4 Å². The Bertz CT molecular complexity index is 649. The molecule has 1 aliphatic rings. The summed E-state index contributed by atoms with van der Waals surface area (Å²) >= 11 is 0. The molecule has 4 heteroatoms. The molecule has 1 aromatic carbocycles. The van der Waals surface area contributed by atoms with Crippen LogP contribution in [0.15, 0.2) is 48.6 Å². The molecule has 25 heavy (non-hydrogen) atoms. The van der Waals surface area contributed by atoms with Crippen molar-refractivity contribution < 1.29 is 19.1 Å². The third kappa shape index (κ3) is 5.59. The average Bonchev–Trinajstić information content (AvgIpc) is 2.60. The highest BCUT2D eigenvalue weighted by Gasteiger charge is 2.23. The molecular formula is C21H26O4. The summed E-state index contributed by atoms with van der Waals surface area (Å²) in [6.07, 6.45) is 4.22. The maximum Gasteiger partial charge on any atom is 0.338 e. The Hall–Kier alpha value is -2.36. The molecule has 0 saturated heterocycles. The SMILES string of the molecule is C=C(C)C(=O)OCC1CCC(c2ccc(OC(=O)C(=C)C)cc2)CC1. The Kier molecular flexibility index (Phi) is 6.57. The van der Waals surface area contributed by atoms with Crippen LogP contribution in [0.2, 0.25) is 0 Å². The molecule has 0 aliphatic heterocycles. The van der Waals surface area contributed by atoms with E-state index in [1.54, 1.807) is 13.8 Å². The zero-order valence-corrected chi connectivity index (χ0v) is 15.0. The zero-order chi connectivity index (χ0) is 18.4. The van der Waals surface area contributed by atoms with Crippen LogP contribution in [-0.2, 0) is 14.3 Å². The summed E-state index contributed by atoms with van der Waals surface area (Å²) in [5, 5.41) is 0. The van der Waals surface area contributed by atoms with E-state index in [2.05, 4.69) is 13.2 Å². The molecule has 0 aromatic heterocycles. The molecule has 1 aliphatic carbocycles. The van der Waals surface area contributed by atoms with Crippen molar-refractivity contribution in [2.24, 2.45) is 5.92 Å². The van der Waals surface area contributed by atoms with Gasteiger partial charge in [0.05, 0.1) is 6.61 Å². The van der Waals surface area contributed by atoms with Crippen molar-refractivity contribution in [3.05, 3.63) is 54.1 Å². The molecule has 1 saturated carbocycles. The summed E-state index contributed by atoms with van der Waals surface area (Å²) in [5.41, 5.74) is 2.09. The normalized spacial score (nSPS) is 19.8. The Balaban J connectivity index is 1.82. The minimum atomic E-state index is -0.405. The first-order chi connectivity index (χ1) is 11.9. The van der Waals surface area contributed by atoms with Gasteiger partial charge in [0, 0.05) is 11.1 Å². The molecule has 0 atom stereocenters. The van der Waals surface area contributed by atoms with E-state index in [4.69, 9.17) is 9.47 Å². The largest absolute Gasteiger partial charge is 0.462 e. The number of hydrogen-bond acceptors (Lipinski definition) is 4. The van der Waals surface area contributed by atoms with Gasteiger partial charge in [-0.05, 0) is 69.1 Å². The van der Waals surface area contributed by atoms with Gasteiger partial charge in [0.2, 0.25) is 0 Å². The van der Waals surface area contributed by atoms with Crippen LogP contribution in [0.4, 0.5) is 0 Å². The van der Waals surface area contributed by atoms with E-state index in [9.17, 15) is 9.59 Å². The van der Waals surface area contributed by atoms with Crippen molar-refractivity contribution in [1.82, 2.24) is 0 Å². The molecule has 0 radical (unpaired) electrons. The maximum absolute atomic E-state index is 11.5. The first-order valence-electron chi connectivity index (χ1n) is 8.67. The van der Waals surface area contributed by atoms with E-state index in [0.717, 1.165) is 25.7 Å². The van der Waals surface area contributed by atoms with Crippen molar-refractivity contribution in [2.75, 3.05) is 6.61 Å². The number of ether oxygens (including phenoxy) is 2. The predicted octanol–water partition coefficient (Wildman–Crippen LogP) is 4.56. The van der Waals surface area contributed by atoms with Crippen molar-refractivity contribution in [3.8, 4) is 5.75 Å². The van der Waals surface area contributed by atoms with Gasteiger partial charge >= 0.3 is 11.9 Å². The van der Waals surface area contributed by atoms with Gasteiger partial charge in [0.25, 0.3) is 0 Å². The highest BCUT2D eigenvalue weighted by molar-refractivity contribution is 5.88. The number of rotatable bonds is 6. The Morgan fingerprint density at radius 3 is 2.04 bits per heavy atom. The van der Waals surface area contributed by atoms with Crippen LogP contribution in [0.1, 0.15) is 51.0 Å². The molecule has 0 amide bonds. The lowest BCUT2D eigenvalue weighted by Crippen LogP contribution is -2.20. The number of esters is 2. The second-order valence-electron chi connectivity index (χ2n) is 6.84. The van der Waals surface area contributed by atoms with Crippen LogP contribution in [0.3, 0.4) is 0 Å². The molecule has 0 N–H and O–H groups in total. The van der Waals surface area contributed by atoms with Gasteiger partial charge in [0.1, 0.15) is 5.75 Å². The second-order valence-corrected chi connectivity index (χ2v) is 6.84. The van der Waals surface area contributed by atoms with E-state index >= 15 is 0 Å². The summed E-state index contributed by atoms with van der Waals surface area (Å²) in [6.45, 7) is 10.9. The van der Waals surface area contributed by atoms with E-state index in [1.807, 2.05) is 24.3 Å². The molecule has 2 rings (SSSR count). The highest BCUT2D eigenvalue weighted by Crippen LogP contribution is 2.36. The first kappa shape index (κ1) is 19.0. The van der Waals surface area contributed by atoms with Crippen molar-refractivity contribution in [3.63, 3.8) is 0 Å². The summed E-state index contributed by atoms with van der Waals surface area (Å²) < 4.78 is 10.5. The van der Waals surface area contributed by atoms with Crippen molar-refractivity contribution in [1.29, 1.82) is 0 Å². The molecule has 134 valence electrons. The Morgan fingerprint density at radius 2 is 1.52 bits per heavy atom. The van der Waals surface area contributed by atoms with Gasteiger partial charge in [-0.3, -0.25) is 0 Å². The maximum atomic E-state index is 11.5. The van der Waals surface area contributed by atoms with Crippen molar-refractivity contribution >= 4 is 11.9 Å². The lowest BCUT2D eigenvalue weighted by atomic mass is 9.79. The van der Waals surface area contributed by atoms with E-state index in [1.165, 1.54) is 5.56 Å². The van der Waals surface area contributed by atoms with Crippen LogP contribution < -0.4 is 4.74 Å². The number of carbonyl (C=O) groups excluding carboxylic acids is 2. The molecular weight excluding hydrogens is 316 g/mol. The van der Waals surface area contributed by atoms with Gasteiger partial charge in [-0.1, -0.05) is 25.3 Å². The average molecular weight is 342 g/mol. The minimum Gasteiger partial charge on any atom is -0.462 e. The van der Waals surface area contributed by atoms with Gasteiger partial charge in [0.15, 0.2) is 0 Å². The van der Waals surface area contributed by atoms with Crippen LogP contribution in [-0.4, -0.2) is 18.5 Å². The second kappa shape index (κ2) is 8.65. The van der Waals surface area contributed by atoms with E-state index in [0.29, 0.717) is 35.3 Å². The summed E-state index contributed by atoms with van der Waals surface area (Å²) in [5.74, 6) is 0.756. The third-order valence-corrected chi connectivity index (χ3v) is 4.56. The summed E-state index contributed by atoms with van der Waals surface area (Å²) in [6, 6.07) is 7.70. The topological polar surface area (TPSA) is 52.6 Å². The fourth-order valence-electron chi connectivity index (χ4n) is 2.98. The van der Waals surface area contributed by atoms with Gasteiger partial charge in [-0.25, -0.2) is 9.59 Å². The lowest BCUT2D eigenvalue weighted by molar-refractivity contribution is -0.140. The number of hydrogen-bond donors (Lipinski definition) is 0. The van der Waals surface area contributed by atoms with E-state index in [-0.39, 0.29) is 5.97 Å². The lowest BCUT2D eigenvalue weighted by Gasteiger charge is -2.28. The molecule has 0 heterocycles. The van der Waals surface area contributed by atoms with Crippen LogP contribution in [0.25, 0.3) is 0 Å². The molecule has 0 spiro atoms. The van der Waals surface area contributed by atoms with Crippen LogP contribution >= 0.6 is 0 Å². The fourth-order valence-corrected chi connectivity index (χ4v) is 2.98. The fraction of sp³-hybridized carbons (Fsp3) is 0.429. The van der Waals surface area contributed by atoms with Gasteiger partial charge < -0.3 is 9.47 Å². The van der Waals surface area contributed by atoms with E-state index < -0.39 is 5.97 Å². The molecule has 0 unspecified atom stereocenters. The monoisotopic (exact) mass is 342 g/mol. The van der Waals surface area contributed by atoms with Crippen LogP contribution in [0.5, 0.6) is 5.75 Å². The quantitative estimate of drug-likeness (QED) is 0.432. The molecule has 0 bridgehead atoms. The summed E-state index contributed by atoms with van der Waals surface area (Å²) in [7, 11) is 0. The third-order valence-electron chi connectivity index (χ3n) is 4.56. The molecule has 4 nitrogen and oxygen atoms in total. The molecule has 1 aromatic rings.